The molecule has 0 aliphatic carbocycles. The van der Waals surface area contributed by atoms with Crippen LogP contribution in [-0.2, 0) is 12.8 Å². The Morgan fingerprint density at radius 3 is 2.84 bits per heavy atom. The number of nitrogens with zero attached hydrogens (tertiary/aromatic N) is 6. The third kappa shape index (κ3) is 3.34. The predicted molar refractivity (Wildman–Crippen MR) is 116 cm³/mol. The van der Waals surface area contributed by atoms with Crippen molar-refractivity contribution in [1.29, 1.82) is 0 Å². The molecule has 0 bridgehead atoms. The molecule has 0 radical (unpaired) electrons. The maximum absolute atomic E-state index is 13.6. The minimum atomic E-state index is -0.159. The number of benzene rings is 1. The number of fused-ring (bicyclic) bond motifs is 3. The van der Waals surface area contributed by atoms with Gasteiger partial charge in [-0.05, 0) is 31.0 Å². The highest BCUT2D eigenvalue weighted by Gasteiger charge is 2.40. The zero-order chi connectivity index (χ0) is 21.5. The Morgan fingerprint density at radius 1 is 1.19 bits per heavy atom. The number of anilines is 2. The summed E-state index contributed by atoms with van der Waals surface area (Å²) in [6.07, 6.45) is 4.61. The molecule has 2 N–H and O–H groups in total. The van der Waals surface area contributed by atoms with Gasteiger partial charge in [0.15, 0.2) is 0 Å². The fourth-order valence-electron chi connectivity index (χ4n) is 4.33. The normalized spacial score (nSPS) is 20.5. The first-order chi connectivity index (χ1) is 15.1. The van der Waals surface area contributed by atoms with Crippen LogP contribution in [0, 0.1) is 0 Å². The summed E-state index contributed by atoms with van der Waals surface area (Å²) >= 11 is 0. The number of hydrogen-bond acceptors (Lipinski definition) is 8. The number of carbonyl (C=O) groups excluding carboxylic acids is 1. The van der Waals surface area contributed by atoms with Crippen LogP contribution in [0.25, 0.3) is 11.5 Å². The number of rotatable bonds is 4. The molecule has 160 valence electrons. The minimum Gasteiger partial charge on any atom is -0.421 e. The zero-order valence-electron chi connectivity index (χ0n) is 17.7. The summed E-state index contributed by atoms with van der Waals surface area (Å²) in [6.45, 7) is 4.49. The van der Waals surface area contributed by atoms with Crippen molar-refractivity contribution in [2.24, 2.45) is 5.73 Å². The molecule has 4 heterocycles. The van der Waals surface area contributed by atoms with E-state index in [0.29, 0.717) is 48.4 Å². The predicted octanol–water partition coefficient (Wildman–Crippen LogP) is 2.57. The average molecular weight is 419 g/mol. The lowest BCUT2D eigenvalue weighted by atomic mass is 10.1. The van der Waals surface area contributed by atoms with E-state index in [9.17, 15) is 4.79 Å². The van der Waals surface area contributed by atoms with Crippen molar-refractivity contribution in [3.63, 3.8) is 0 Å². The molecule has 0 saturated carbocycles. The fraction of sp³-hybridized carbons (Fsp3) is 0.409. The molecule has 0 spiro atoms. The highest BCUT2D eigenvalue weighted by molar-refractivity contribution is 6.10. The highest BCUT2D eigenvalue weighted by Crippen LogP contribution is 2.36. The van der Waals surface area contributed by atoms with Crippen LogP contribution in [0.5, 0.6) is 0 Å². The first kappa shape index (κ1) is 19.6. The van der Waals surface area contributed by atoms with E-state index in [1.807, 2.05) is 38.1 Å². The Morgan fingerprint density at radius 2 is 2.06 bits per heavy atom. The second-order valence-corrected chi connectivity index (χ2v) is 7.90. The van der Waals surface area contributed by atoms with Crippen LogP contribution in [0.2, 0.25) is 0 Å². The Kier molecular flexibility index (Phi) is 4.90. The van der Waals surface area contributed by atoms with Gasteiger partial charge in [0.05, 0.1) is 12.2 Å². The molecule has 9 nitrogen and oxygen atoms in total. The van der Waals surface area contributed by atoms with Crippen LogP contribution < -0.4 is 15.5 Å². The van der Waals surface area contributed by atoms with E-state index in [0.717, 1.165) is 24.1 Å². The first-order valence-corrected chi connectivity index (χ1v) is 10.7. The van der Waals surface area contributed by atoms with E-state index in [4.69, 9.17) is 15.1 Å². The molecule has 2 atom stereocenters. The monoisotopic (exact) mass is 419 g/mol. The van der Waals surface area contributed by atoms with Gasteiger partial charge in [-0.2, -0.15) is 0 Å². The number of hydrogen-bond donors (Lipinski definition) is 1. The second-order valence-electron chi connectivity index (χ2n) is 7.90. The molecule has 1 saturated heterocycles. The maximum Gasteiger partial charge on any atom is 0.263 e. The second kappa shape index (κ2) is 7.73. The van der Waals surface area contributed by atoms with Crippen LogP contribution in [0.15, 0.2) is 34.9 Å². The summed E-state index contributed by atoms with van der Waals surface area (Å²) < 4.78 is 5.71. The van der Waals surface area contributed by atoms with Crippen LogP contribution in [0.3, 0.4) is 0 Å². The van der Waals surface area contributed by atoms with Crippen LogP contribution >= 0.6 is 0 Å². The number of carbonyl (C=O) groups is 1. The molecule has 1 amide bonds. The molecule has 31 heavy (non-hydrogen) atoms. The summed E-state index contributed by atoms with van der Waals surface area (Å²) in [5.74, 6) is 2.26. The van der Waals surface area contributed by atoms with E-state index in [1.165, 1.54) is 0 Å². The lowest BCUT2D eigenvalue weighted by molar-refractivity contribution is 0.0988. The van der Waals surface area contributed by atoms with Crippen molar-refractivity contribution in [2.45, 2.75) is 51.7 Å². The molecule has 5 rings (SSSR count). The maximum atomic E-state index is 13.6. The number of aromatic nitrogens is 4. The van der Waals surface area contributed by atoms with E-state index in [1.54, 1.807) is 11.1 Å². The average Bonchev–Trinajstić information content (AvgIpc) is 3.40. The minimum absolute atomic E-state index is 0.0959. The Bertz CT molecular complexity index is 1130. The number of amides is 1. The highest BCUT2D eigenvalue weighted by atomic mass is 16.4. The zero-order valence-corrected chi connectivity index (χ0v) is 17.7. The lowest BCUT2D eigenvalue weighted by Crippen LogP contribution is -2.45. The molecular formula is C22H25N7O2. The topological polar surface area (TPSA) is 114 Å². The van der Waals surface area contributed by atoms with E-state index >= 15 is 0 Å². The van der Waals surface area contributed by atoms with Gasteiger partial charge in [0, 0.05) is 36.8 Å². The summed E-state index contributed by atoms with van der Waals surface area (Å²) in [7, 11) is 0. The van der Waals surface area contributed by atoms with Crippen molar-refractivity contribution < 1.29 is 9.21 Å². The summed E-state index contributed by atoms with van der Waals surface area (Å²) in [4.78, 5) is 26.6. The van der Waals surface area contributed by atoms with Gasteiger partial charge in [-0.25, -0.2) is 9.97 Å². The molecule has 1 aromatic carbocycles. The third-order valence-electron chi connectivity index (χ3n) is 5.97. The van der Waals surface area contributed by atoms with Crippen molar-refractivity contribution in [3.8, 4) is 11.5 Å². The van der Waals surface area contributed by atoms with Gasteiger partial charge < -0.3 is 20.0 Å². The Balaban J connectivity index is 1.57. The van der Waals surface area contributed by atoms with Gasteiger partial charge in [-0.3, -0.25) is 4.79 Å². The third-order valence-corrected chi connectivity index (χ3v) is 5.97. The van der Waals surface area contributed by atoms with Crippen molar-refractivity contribution in [2.75, 3.05) is 16.3 Å². The van der Waals surface area contributed by atoms with Crippen molar-refractivity contribution in [1.82, 2.24) is 20.2 Å². The molecule has 1 unspecified atom stereocenters. The van der Waals surface area contributed by atoms with Gasteiger partial charge in [0.2, 0.25) is 11.8 Å². The number of aryl methyl sites for hydroxylation is 2. The van der Waals surface area contributed by atoms with Crippen LogP contribution in [0.4, 0.5) is 11.5 Å². The molecular weight excluding hydrogens is 394 g/mol. The first-order valence-electron chi connectivity index (χ1n) is 10.7. The van der Waals surface area contributed by atoms with Crippen LogP contribution in [0.1, 0.15) is 48.8 Å². The smallest absolute Gasteiger partial charge is 0.263 e. The summed E-state index contributed by atoms with van der Waals surface area (Å²) in [6, 6.07) is 7.73. The largest absolute Gasteiger partial charge is 0.421 e. The SMILES string of the molecule is CCc1ncc2c(n1)N1C(CC[C@H]1N)CN(c1cccc(-c3nnc(CC)o3)c1)C2=O. The van der Waals surface area contributed by atoms with E-state index in [2.05, 4.69) is 20.1 Å². The Hall–Kier alpha value is -3.33. The van der Waals surface area contributed by atoms with Gasteiger partial charge in [-0.15, -0.1) is 10.2 Å². The standard InChI is InChI=1S/C22H25N7O2/c1-3-18-24-11-16-20(25-18)29-15(8-9-17(29)23)12-28(22(16)30)14-7-5-6-13(10-14)21-27-26-19(4-2)31-21/h5-7,10-11,15,17H,3-4,8-9,12,23H2,1-2H3/t15?,17-/m0/s1. The quantitative estimate of drug-likeness (QED) is 0.686. The van der Waals surface area contributed by atoms with Crippen molar-refractivity contribution in [3.05, 3.63) is 47.7 Å². The van der Waals surface area contributed by atoms with E-state index < -0.39 is 0 Å². The van der Waals surface area contributed by atoms with Gasteiger partial charge in [0.25, 0.3) is 5.91 Å². The van der Waals surface area contributed by atoms with Crippen molar-refractivity contribution >= 4 is 17.4 Å². The Labute approximate surface area is 180 Å². The summed E-state index contributed by atoms with van der Waals surface area (Å²) in [5.41, 5.74) is 8.45. The number of nitrogens with two attached hydrogens (primary N) is 1. The lowest BCUT2D eigenvalue weighted by Gasteiger charge is -2.29. The molecule has 9 heteroatoms. The fourth-order valence-corrected chi connectivity index (χ4v) is 4.33. The molecule has 2 aliphatic rings. The summed E-state index contributed by atoms with van der Waals surface area (Å²) in [5, 5.41) is 8.18. The molecule has 1 fully saturated rings. The molecule has 3 aromatic rings. The van der Waals surface area contributed by atoms with E-state index in [-0.39, 0.29) is 18.1 Å². The van der Waals surface area contributed by atoms with Gasteiger partial charge in [-0.1, -0.05) is 19.9 Å². The molecule has 2 aromatic heterocycles. The van der Waals surface area contributed by atoms with Gasteiger partial charge in [0.1, 0.15) is 17.2 Å². The van der Waals surface area contributed by atoms with Crippen LogP contribution in [-0.4, -0.2) is 44.8 Å². The molecule has 2 aliphatic heterocycles. The van der Waals surface area contributed by atoms with Gasteiger partial charge >= 0.3 is 0 Å².